The van der Waals surface area contributed by atoms with Crippen LogP contribution in [0.2, 0.25) is 5.15 Å². The van der Waals surface area contributed by atoms with Crippen molar-refractivity contribution in [1.82, 2.24) is 19.6 Å². The van der Waals surface area contributed by atoms with E-state index in [0.29, 0.717) is 17.2 Å². The number of rotatable bonds is 3. The van der Waals surface area contributed by atoms with Crippen LogP contribution in [0.5, 0.6) is 0 Å². The first-order valence-corrected chi connectivity index (χ1v) is 5.73. The summed E-state index contributed by atoms with van der Waals surface area (Å²) in [6.45, 7) is 5.89. The van der Waals surface area contributed by atoms with Crippen LogP contribution in [0.3, 0.4) is 0 Å². The summed E-state index contributed by atoms with van der Waals surface area (Å²) in [7, 11) is 1.69. The maximum atomic E-state index is 5.88. The normalized spacial score (nSPS) is 12.3. The van der Waals surface area contributed by atoms with Crippen LogP contribution in [-0.4, -0.2) is 32.3 Å². The Morgan fingerprint density at radius 3 is 2.76 bits per heavy atom. The number of methoxy groups -OCH3 is 1. The van der Waals surface area contributed by atoms with Gasteiger partial charge >= 0.3 is 0 Å². The van der Waals surface area contributed by atoms with Crippen LogP contribution in [0, 0.1) is 6.92 Å². The third kappa shape index (κ3) is 2.40. The molecule has 0 amide bonds. The van der Waals surface area contributed by atoms with Crippen LogP contribution in [0.15, 0.2) is 6.07 Å². The lowest BCUT2D eigenvalue weighted by atomic mass is 10.1. The van der Waals surface area contributed by atoms with E-state index in [1.807, 2.05) is 25.2 Å². The van der Waals surface area contributed by atoms with Crippen LogP contribution < -0.4 is 0 Å². The Bertz CT molecular complexity index is 550. The van der Waals surface area contributed by atoms with Gasteiger partial charge in [-0.3, -0.25) is 4.40 Å². The fraction of sp³-hybridized carbons (Fsp3) is 0.545. The number of aryl methyl sites for hydroxylation is 1. The molecule has 2 rings (SSSR count). The minimum Gasteiger partial charge on any atom is -0.378 e. The highest BCUT2D eigenvalue weighted by atomic mass is 35.5. The Labute approximate surface area is 105 Å². The largest absolute Gasteiger partial charge is 0.378 e. The van der Waals surface area contributed by atoms with Crippen LogP contribution >= 0.6 is 11.6 Å². The number of nitrogens with zero attached hydrogens (tertiary/aromatic N) is 4. The van der Waals surface area contributed by atoms with E-state index in [-0.39, 0.29) is 5.60 Å². The highest BCUT2D eigenvalue weighted by Gasteiger charge is 2.21. The van der Waals surface area contributed by atoms with Crippen LogP contribution in [0.4, 0.5) is 0 Å². The van der Waals surface area contributed by atoms with Crippen LogP contribution in [-0.2, 0) is 11.2 Å². The predicted molar refractivity (Wildman–Crippen MR) is 65.3 cm³/mol. The lowest BCUT2D eigenvalue weighted by molar-refractivity contribution is 0.0213. The first kappa shape index (κ1) is 12.3. The minimum absolute atomic E-state index is 0.283. The highest BCUT2D eigenvalue weighted by Crippen LogP contribution is 2.18. The molecule has 0 aliphatic heterocycles. The summed E-state index contributed by atoms with van der Waals surface area (Å²) in [5.74, 6) is 1.60. The zero-order valence-corrected chi connectivity index (χ0v) is 11.1. The third-order valence-corrected chi connectivity index (χ3v) is 2.93. The first-order valence-electron chi connectivity index (χ1n) is 5.35. The summed E-state index contributed by atoms with van der Waals surface area (Å²) in [5.41, 5.74) is 0.430. The average molecular weight is 255 g/mol. The van der Waals surface area contributed by atoms with Crippen molar-refractivity contribution in [2.24, 2.45) is 0 Å². The highest BCUT2D eigenvalue weighted by molar-refractivity contribution is 6.29. The lowest BCUT2D eigenvalue weighted by Gasteiger charge is -2.21. The van der Waals surface area contributed by atoms with E-state index >= 15 is 0 Å². The van der Waals surface area contributed by atoms with E-state index in [2.05, 4.69) is 15.2 Å². The van der Waals surface area contributed by atoms with Gasteiger partial charge in [-0.25, -0.2) is 4.98 Å². The number of hydrogen-bond acceptors (Lipinski definition) is 4. The van der Waals surface area contributed by atoms with Gasteiger partial charge in [-0.15, -0.1) is 10.2 Å². The molecule has 0 aliphatic carbocycles. The van der Waals surface area contributed by atoms with Crippen molar-refractivity contribution in [2.45, 2.75) is 32.8 Å². The van der Waals surface area contributed by atoms with Gasteiger partial charge in [0.25, 0.3) is 0 Å². The van der Waals surface area contributed by atoms with Gasteiger partial charge in [0.05, 0.1) is 5.60 Å². The molecule has 17 heavy (non-hydrogen) atoms. The third-order valence-electron chi connectivity index (χ3n) is 2.73. The van der Waals surface area contributed by atoms with E-state index < -0.39 is 0 Å². The van der Waals surface area contributed by atoms with Crippen molar-refractivity contribution >= 4 is 17.2 Å². The molecule has 0 N–H and O–H groups in total. The Hall–Kier alpha value is -1.20. The van der Waals surface area contributed by atoms with E-state index in [4.69, 9.17) is 16.3 Å². The molecule has 0 spiro atoms. The van der Waals surface area contributed by atoms with Crippen molar-refractivity contribution in [1.29, 1.82) is 0 Å². The van der Waals surface area contributed by atoms with Gasteiger partial charge in [0.1, 0.15) is 16.8 Å². The number of hydrogen-bond donors (Lipinski definition) is 0. The molecule has 0 atom stereocenters. The van der Waals surface area contributed by atoms with Gasteiger partial charge in [0, 0.05) is 19.6 Å². The summed E-state index contributed by atoms with van der Waals surface area (Å²) >= 11 is 5.88. The quantitative estimate of drug-likeness (QED) is 0.787. The second kappa shape index (κ2) is 4.23. The van der Waals surface area contributed by atoms with Crippen molar-refractivity contribution in [2.75, 3.05) is 7.11 Å². The van der Waals surface area contributed by atoms with E-state index in [1.165, 1.54) is 0 Å². The maximum absolute atomic E-state index is 5.88. The Morgan fingerprint density at radius 1 is 1.41 bits per heavy atom. The first-order chi connectivity index (χ1) is 7.93. The molecule has 5 nitrogen and oxygen atoms in total. The fourth-order valence-corrected chi connectivity index (χ4v) is 1.91. The topological polar surface area (TPSA) is 52.3 Å². The summed E-state index contributed by atoms with van der Waals surface area (Å²) in [5, 5.41) is 8.69. The average Bonchev–Trinajstić information content (AvgIpc) is 2.60. The molecule has 0 saturated heterocycles. The number of aromatic nitrogens is 4. The molecular formula is C11H15ClN4O. The molecule has 2 aromatic rings. The van der Waals surface area contributed by atoms with Gasteiger partial charge in [0.15, 0.2) is 5.65 Å². The van der Waals surface area contributed by atoms with E-state index in [9.17, 15) is 0 Å². The van der Waals surface area contributed by atoms with Crippen molar-refractivity contribution in [3.05, 3.63) is 22.9 Å². The molecule has 0 bridgehead atoms. The molecule has 2 aromatic heterocycles. The Morgan fingerprint density at radius 2 is 2.12 bits per heavy atom. The maximum Gasteiger partial charge on any atom is 0.165 e. The van der Waals surface area contributed by atoms with Gasteiger partial charge in [-0.05, 0) is 20.8 Å². The van der Waals surface area contributed by atoms with Gasteiger partial charge in [-0.2, -0.15) is 0 Å². The lowest BCUT2D eigenvalue weighted by Crippen LogP contribution is -2.27. The van der Waals surface area contributed by atoms with Gasteiger partial charge in [-0.1, -0.05) is 11.6 Å². The monoisotopic (exact) mass is 254 g/mol. The molecule has 0 radical (unpaired) electrons. The molecule has 92 valence electrons. The summed E-state index contributed by atoms with van der Waals surface area (Å²) < 4.78 is 7.29. The Balaban J connectivity index is 2.50. The molecule has 0 saturated carbocycles. The summed E-state index contributed by atoms with van der Waals surface area (Å²) in [6, 6.07) is 1.70. The number of fused-ring (bicyclic) bond motifs is 1. The second-order valence-corrected chi connectivity index (χ2v) is 4.96. The van der Waals surface area contributed by atoms with E-state index in [0.717, 1.165) is 11.6 Å². The fourth-order valence-electron chi connectivity index (χ4n) is 1.69. The number of ether oxygens (including phenoxy) is 1. The second-order valence-electron chi connectivity index (χ2n) is 4.58. The summed E-state index contributed by atoms with van der Waals surface area (Å²) in [6.07, 6.45) is 0.662. The van der Waals surface area contributed by atoms with Gasteiger partial charge in [0.2, 0.25) is 0 Å². The Kier molecular flexibility index (Phi) is 3.05. The van der Waals surface area contributed by atoms with Gasteiger partial charge < -0.3 is 4.74 Å². The van der Waals surface area contributed by atoms with Crippen molar-refractivity contribution in [3.8, 4) is 0 Å². The number of halogens is 1. The zero-order valence-electron chi connectivity index (χ0n) is 10.4. The zero-order chi connectivity index (χ0) is 12.6. The molecule has 6 heteroatoms. The smallest absolute Gasteiger partial charge is 0.165 e. The minimum atomic E-state index is -0.283. The molecule has 2 heterocycles. The standard InChI is InChI=1S/C11H15ClN4O/c1-7-13-8(12)5-9-14-15-10(16(7)9)6-11(2,3)17-4/h5H,6H2,1-4H3. The predicted octanol–water partition coefficient (Wildman–Crippen LogP) is 2.05. The van der Waals surface area contributed by atoms with Crippen LogP contribution in [0.25, 0.3) is 5.65 Å². The van der Waals surface area contributed by atoms with Crippen molar-refractivity contribution in [3.63, 3.8) is 0 Å². The molecule has 0 aliphatic rings. The molecule has 0 unspecified atom stereocenters. The van der Waals surface area contributed by atoms with Crippen molar-refractivity contribution < 1.29 is 4.74 Å². The molecular weight excluding hydrogens is 240 g/mol. The van der Waals surface area contributed by atoms with E-state index in [1.54, 1.807) is 13.2 Å². The molecule has 0 aromatic carbocycles. The SMILES string of the molecule is COC(C)(C)Cc1nnc2cc(Cl)nc(C)n12. The summed E-state index contributed by atoms with van der Waals surface area (Å²) in [4.78, 5) is 4.20. The van der Waals surface area contributed by atoms with Crippen LogP contribution in [0.1, 0.15) is 25.5 Å². The molecule has 0 fully saturated rings.